The van der Waals surface area contributed by atoms with Crippen molar-refractivity contribution in [2.24, 2.45) is 10.9 Å². The normalized spacial score (nSPS) is 17.8. The second-order valence-corrected chi connectivity index (χ2v) is 6.46. The van der Waals surface area contributed by atoms with Gasteiger partial charge in [0.15, 0.2) is 5.96 Å². The number of nitrogens with one attached hydrogen (secondary N) is 1. The quantitative estimate of drug-likeness (QED) is 0.433. The summed E-state index contributed by atoms with van der Waals surface area (Å²) in [7, 11) is 5.15. The standard InChI is InChI=1S/C18H28ClN3O3/c1-20-18(21-11-15-4-5-16(19)10-17(15)24-3)22-7-6-14(12-22)13-25-9-8-23-2/h4-5,10,14H,6-9,11-13H2,1-3H3,(H,20,21). The second kappa shape index (κ2) is 10.5. The number of rotatable bonds is 8. The number of benzene rings is 1. The lowest BCUT2D eigenvalue weighted by Gasteiger charge is -2.22. The van der Waals surface area contributed by atoms with E-state index in [9.17, 15) is 0 Å². The number of likely N-dealkylation sites (tertiary alicyclic amines) is 1. The van der Waals surface area contributed by atoms with E-state index in [1.165, 1.54) is 0 Å². The summed E-state index contributed by atoms with van der Waals surface area (Å²) in [6, 6.07) is 5.66. The fourth-order valence-corrected chi connectivity index (χ4v) is 3.09. The highest BCUT2D eigenvalue weighted by Gasteiger charge is 2.25. The van der Waals surface area contributed by atoms with Crippen molar-refractivity contribution < 1.29 is 14.2 Å². The third-order valence-electron chi connectivity index (χ3n) is 4.27. The smallest absolute Gasteiger partial charge is 0.193 e. The zero-order valence-electron chi connectivity index (χ0n) is 15.3. The van der Waals surface area contributed by atoms with Crippen LogP contribution in [0.15, 0.2) is 23.2 Å². The number of aliphatic imine (C=N–C) groups is 1. The molecule has 1 aromatic rings. The van der Waals surface area contributed by atoms with E-state index < -0.39 is 0 Å². The van der Waals surface area contributed by atoms with Crippen LogP contribution in [0.2, 0.25) is 5.02 Å². The van der Waals surface area contributed by atoms with Gasteiger partial charge in [-0.25, -0.2) is 0 Å². The van der Waals surface area contributed by atoms with Gasteiger partial charge in [0.05, 0.1) is 26.9 Å². The SMILES string of the molecule is CN=C(NCc1ccc(Cl)cc1OC)N1CCC(COCCOC)C1. The molecule has 7 heteroatoms. The Labute approximate surface area is 155 Å². The van der Waals surface area contributed by atoms with Crippen molar-refractivity contribution >= 4 is 17.6 Å². The van der Waals surface area contributed by atoms with Crippen molar-refractivity contribution in [2.75, 3.05) is 54.2 Å². The van der Waals surface area contributed by atoms with Gasteiger partial charge in [-0.05, 0) is 18.6 Å². The Balaban J connectivity index is 1.83. The van der Waals surface area contributed by atoms with Gasteiger partial charge in [-0.1, -0.05) is 17.7 Å². The van der Waals surface area contributed by atoms with Crippen LogP contribution < -0.4 is 10.1 Å². The summed E-state index contributed by atoms with van der Waals surface area (Å²) >= 11 is 6.01. The van der Waals surface area contributed by atoms with Crippen LogP contribution in [0.1, 0.15) is 12.0 Å². The van der Waals surface area contributed by atoms with Gasteiger partial charge in [0.25, 0.3) is 0 Å². The van der Waals surface area contributed by atoms with E-state index in [2.05, 4.69) is 15.2 Å². The van der Waals surface area contributed by atoms with E-state index in [0.717, 1.165) is 43.4 Å². The Hall–Kier alpha value is -1.50. The van der Waals surface area contributed by atoms with E-state index in [4.69, 9.17) is 25.8 Å². The van der Waals surface area contributed by atoms with Crippen LogP contribution in [0.4, 0.5) is 0 Å². The van der Waals surface area contributed by atoms with E-state index in [1.807, 2.05) is 25.2 Å². The molecule has 1 N–H and O–H groups in total. The summed E-state index contributed by atoms with van der Waals surface area (Å²) in [5.41, 5.74) is 1.05. The lowest BCUT2D eigenvalue weighted by Crippen LogP contribution is -2.39. The molecule has 140 valence electrons. The number of nitrogens with zero attached hydrogens (tertiary/aromatic N) is 2. The molecule has 6 nitrogen and oxygen atoms in total. The Morgan fingerprint density at radius 3 is 2.92 bits per heavy atom. The lowest BCUT2D eigenvalue weighted by molar-refractivity contribution is 0.0536. The zero-order valence-corrected chi connectivity index (χ0v) is 16.0. The van der Waals surface area contributed by atoms with Crippen molar-refractivity contribution in [3.05, 3.63) is 28.8 Å². The fourth-order valence-electron chi connectivity index (χ4n) is 2.92. The molecule has 2 rings (SSSR count). The highest BCUT2D eigenvalue weighted by molar-refractivity contribution is 6.30. The highest BCUT2D eigenvalue weighted by atomic mass is 35.5. The predicted octanol–water partition coefficient (Wildman–Crippen LogP) is 2.41. The molecule has 1 heterocycles. The van der Waals surface area contributed by atoms with Crippen LogP contribution >= 0.6 is 11.6 Å². The van der Waals surface area contributed by atoms with E-state index in [-0.39, 0.29) is 0 Å². The first-order valence-corrected chi connectivity index (χ1v) is 8.90. The molecular weight excluding hydrogens is 342 g/mol. The first kappa shape index (κ1) is 19.8. The predicted molar refractivity (Wildman–Crippen MR) is 101 cm³/mol. The van der Waals surface area contributed by atoms with E-state index in [0.29, 0.717) is 30.7 Å². The molecule has 0 spiro atoms. The molecule has 25 heavy (non-hydrogen) atoms. The maximum absolute atomic E-state index is 6.01. The minimum Gasteiger partial charge on any atom is -0.496 e. The molecule has 1 unspecified atom stereocenters. The van der Waals surface area contributed by atoms with Gasteiger partial charge in [0, 0.05) is 50.3 Å². The van der Waals surface area contributed by atoms with E-state index in [1.54, 1.807) is 14.2 Å². The number of methoxy groups -OCH3 is 2. The monoisotopic (exact) mass is 369 g/mol. The average Bonchev–Trinajstić information content (AvgIpc) is 3.09. The molecule has 0 aromatic heterocycles. The molecule has 0 saturated carbocycles. The lowest BCUT2D eigenvalue weighted by atomic mass is 10.1. The summed E-state index contributed by atoms with van der Waals surface area (Å²) in [4.78, 5) is 6.68. The van der Waals surface area contributed by atoms with Crippen molar-refractivity contribution in [3.63, 3.8) is 0 Å². The van der Waals surface area contributed by atoms with Crippen LogP contribution in [-0.2, 0) is 16.0 Å². The number of halogens is 1. The fraction of sp³-hybridized carbons (Fsp3) is 0.611. The summed E-state index contributed by atoms with van der Waals surface area (Å²) in [5, 5.41) is 4.08. The van der Waals surface area contributed by atoms with Crippen LogP contribution in [-0.4, -0.2) is 65.0 Å². The molecular formula is C18H28ClN3O3. The second-order valence-electron chi connectivity index (χ2n) is 6.03. The molecule has 1 aromatic carbocycles. The molecule has 1 fully saturated rings. The van der Waals surface area contributed by atoms with Gasteiger partial charge in [-0.15, -0.1) is 0 Å². The Morgan fingerprint density at radius 1 is 1.36 bits per heavy atom. The Kier molecular flexibility index (Phi) is 8.31. The largest absolute Gasteiger partial charge is 0.496 e. The third kappa shape index (κ3) is 6.06. The van der Waals surface area contributed by atoms with Gasteiger partial charge < -0.3 is 24.4 Å². The number of guanidine groups is 1. The Bertz CT molecular complexity index is 568. The third-order valence-corrected chi connectivity index (χ3v) is 4.50. The highest BCUT2D eigenvalue weighted by Crippen LogP contribution is 2.23. The molecule has 0 amide bonds. The van der Waals surface area contributed by atoms with Gasteiger partial charge in [-0.3, -0.25) is 4.99 Å². The first-order chi connectivity index (χ1) is 12.2. The van der Waals surface area contributed by atoms with Crippen LogP contribution in [0.25, 0.3) is 0 Å². The number of hydrogen-bond donors (Lipinski definition) is 1. The maximum atomic E-state index is 6.01. The zero-order chi connectivity index (χ0) is 18.1. The summed E-state index contributed by atoms with van der Waals surface area (Å²) < 4.78 is 16.0. The molecule has 0 bridgehead atoms. The van der Waals surface area contributed by atoms with Crippen LogP contribution in [0, 0.1) is 5.92 Å². The topological polar surface area (TPSA) is 55.3 Å². The number of ether oxygens (including phenoxy) is 3. The van der Waals surface area contributed by atoms with Crippen molar-refractivity contribution in [1.29, 1.82) is 0 Å². The van der Waals surface area contributed by atoms with Crippen molar-refractivity contribution in [2.45, 2.75) is 13.0 Å². The first-order valence-electron chi connectivity index (χ1n) is 8.52. The molecule has 1 aliphatic heterocycles. The van der Waals surface area contributed by atoms with Gasteiger partial charge in [0.2, 0.25) is 0 Å². The molecule has 0 aliphatic carbocycles. The summed E-state index contributed by atoms with van der Waals surface area (Å²) in [6.45, 7) is 4.62. The molecule has 1 saturated heterocycles. The summed E-state index contributed by atoms with van der Waals surface area (Å²) in [5.74, 6) is 2.21. The minimum absolute atomic E-state index is 0.528. The number of hydrogen-bond acceptors (Lipinski definition) is 4. The van der Waals surface area contributed by atoms with Crippen LogP contribution in [0.3, 0.4) is 0 Å². The maximum Gasteiger partial charge on any atom is 0.193 e. The summed E-state index contributed by atoms with van der Waals surface area (Å²) in [6.07, 6.45) is 1.11. The van der Waals surface area contributed by atoms with Crippen molar-refractivity contribution in [3.8, 4) is 5.75 Å². The molecule has 0 radical (unpaired) electrons. The van der Waals surface area contributed by atoms with E-state index >= 15 is 0 Å². The van der Waals surface area contributed by atoms with Crippen LogP contribution in [0.5, 0.6) is 5.75 Å². The van der Waals surface area contributed by atoms with Crippen molar-refractivity contribution in [1.82, 2.24) is 10.2 Å². The molecule has 1 aliphatic rings. The average molecular weight is 370 g/mol. The minimum atomic E-state index is 0.528. The van der Waals surface area contributed by atoms with Gasteiger partial charge >= 0.3 is 0 Å². The molecule has 1 atom stereocenters. The van der Waals surface area contributed by atoms with Gasteiger partial charge in [-0.2, -0.15) is 0 Å². The van der Waals surface area contributed by atoms with Gasteiger partial charge in [0.1, 0.15) is 5.75 Å². The Morgan fingerprint density at radius 2 is 2.20 bits per heavy atom.